The van der Waals surface area contributed by atoms with E-state index in [1.165, 1.54) is 0 Å². The van der Waals surface area contributed by atoms with Crippen LogP contribution in [0, 0.1) is 27.7 Å². The average Bonchev–Trinajstić information content (AvgIpc) is 3.78. The zero-order valence-corrected chi connectivity index (χ0v) is 36.1. The van der Waals surface area contributed by atoms with Gasteiger partial charge in [-0.2, -0.15) is 5.10 Å². The molecule has 1 N–H and O–H groups in total. The van der Waals surface area contributed by atoms with E-state index in [4.69, 9.17) is 33.0 Å². The number of anilines is 1. The Morgan fingerprint density at radius 1 is 0.931 bits per heavy atom. The highest BCUT2D eigenvalue weighted by atomic mass is 35.5. The maximum atomic E-state index is 15.5. The summed E-state index contributed by atoms with van der Waals surface area (Å²) in [6, 6.07) is 13.6. The average molecular weight is 825 g/mol. The van der Waals surface area contributed by atoms with Gasteiger partial charge in [-0.3, -0.25) is 14.4 Å². The number of aromatic nitrogens is 4. The lowest BCUT2D eigenvalue weighted by atomic mass is 9.98. The van der Waals surface area contributed by atoms with Crippen LogP contribution in [0.4, 0.5) is 5.69 Å². The van der Waals surface area contributed by atoms with Crippen LogP contribution in [0.3, 0.4) is 0 Å². The van der Waals surface area contributed by atoms with E-state index >= 15 is 4.79 Å². The number of carbonyl (C=O) groups excluding carboxylic acids is 1. The summed E-state index contributed by atoms with van der Waals surface area (Å²) in [7, 11) is 5.84. The van der Waals surface area contributed by atoms with Crippen molar-refractivity contribution in [1.29, 1.82) is 0 Å². The van der Waals surface area contributed by atoms with Gasteiger partial charge in [-0.15, -0.1) is 0 Å². The molecule has 3 aromatic carbocycles. The molecule has 58 heavy (non-hydrogen) atoms. The van der Waals surface area contributed by atoms with Crippen molar-refractivity contribution in [2.24, 2.45) is 14.1 Å². The second kappa shape index (κ2) is 15.4. The molecule has 0 saturated carbocycles. The van der Waals surface area contributed by atoms with Crippen molar-refractivity contribution >= 4 is 62.6 Å². The molecule has 1 fully saturated rings. The fraction of sp³-hybridized carbons (Fsp3) is 0.400. The molecule has 0 bridgehead atoms. The number of carboxylic acids is 1. The van der Waals surface area contributed by atoms with E-state index in [0.717, 1.165) is 104 Å². The summed E-state index contributed by atoms with van der Waals surface area (Å²) in [5.74, 6) is -0.381. The van der Waals surface area contributed by atoms with Crippen LogP contribution in [0.1, 0.15) is 74.0 Å². The summed E-state index contributed by atoms with van der Waals surface area (Å²) >= 11 is 13.6. The molecular weight excluding hydrogens is 773 g/mol. The number of nitrogens with zero attached hydrogens (tertiary/aromatic N) is 7. The number of carboxylic acid groups (broad SMARTS) is 1. The van der Waals surface area contributed by atoms with E-state index < -0.39 is 5.97 Å². The fourth-order valence-corrected chi connectivity index (χ4v) is 9.60. The summed E-state index contributed by atoms with van der Waals surface area (Å²) in [6.07, 6.45) is 1.23. The molecule has 2 aliphatic rings. The fourth-order valence-electron chi connectivity index (χ4n) is 9.25. The molecule has 5 heterocycles. The topological polar surface area (TPSA) is 101 Å². The molecule has 1 amide bonds. The van der Waals surface area contributed by atoms with Gasteiger partial charge in [-0.05, 0) is 113 Å². The van der Waals surface area contributed by atoms with E-state index in [-0.39, 0.29) is 17.6 Å². The second-order valence-electron chi connectivity index (χ2n) is 16.3. The van der Waals surface area contributed by atoms with Gasteiger partial charge in [-0.25, -0.2) is 4.79 Å². The Labute approximate surface area is 349 Å². The van der Waals surface area contributed by atoms with E-state index in [0.29, 0.717) is 48.9 Å². The smallest absolute Gasteiger partial charge is 0.352 e. The molecule has 304 valence electrons. The Kier molecular flexibility index (Phi) is 10.6. The number of fused-ring (bicyclic) bond motifs is 4. The number of hydrogen-bond donors (Lipinski definition) is 1. The van der Waals surface area contributed by atoms with Crippen molar-refractivity contribution in [3.05, 3.63) is 97.5 Å². The van der Waals surface area contributed by atoms with E-state index in [1.54, 1.807) is 17.7 Å². The number of likely N-dealkylation sites (N-methyl/N-ethyl adjacent to an activating group) is 1. The molecule has 11 nitrogen and oxygen atoms in total. The molecule has 8 rings (SSSR count). The van der Waals surface area contributed by atoms with Gasteiger partial charge < -0.3 is 28.8 Å². The van der Waals surface area contributed by atoms with Gasteiger partial charge in [-0.1, -0.05) is 29.3 Å². The highest BCUT2D eigenvalue weighted by molar-refractivity contribution is 6.35. The molecular formula is C45H51Cl2N7O4. The van der Waals surface area contributed by atoms with Crippen LogP contribution in [-0.2, 0) is 27.1 Å². The lowest BCUT2D eigenvalue weighted by Crippen LogP contribution is -2.44. The van der Waals surface area contributed by atoms with Crippen molar-refractivity contribution in [3.8, 4) is 16.9 Å². The zero-order valence-electron chi connectivity index (χ0n) is 34.5. The van der Waals surface area contributed by atoms with Gasteiger partial charge in [0.05, 0.1) is 34.0 Å². The van der Waals surface area contributed by atoms with Crippen LogP contribution in [-0.4, -0.2) is 92.1 Å². The molecule has 2 aliphatic heterocycles. The molecule has 6 aromatic rings. The van der Waals surface area contributed by atoms with Crippen molar-refractivity contribution < 1.29 is 19.4 Å². The van der Waals surface area contributed by atoms with E-state index in [9.17, 15) is 9.90 Å². The number of rotatable bonds is 10. The van der Waals surface area contributed by atoms with Gasteiger partial charge in [0.15, 0.2) is 0 Å². The summed E-state index contributed by atoms with van der Waals surface area (Å²) in [4.78, 5) is 34.6. The van der Waals surface area contributed by atoms with Crippen LogP contribution in [0.5, 0.6) is 5.75 Å². The number of carbonyl (C=O) groups is 2. The third-order valence-electron chi connectivity index (χ3n) is 12.2. The first-order chi connectivity index (χ1) is 27.6. The summed E-state index contributed by atoms with van der Waals surface area (Å²) in [6.45, 7) is 15.5. The van der Waals surface area contributed by atoms with Crippen LogP contribution in [0.2, 0.25) is 10.0 Å². The number of aryl methyl sites for hydroxylation is 6. The van der Waals surface area contributed by atoms with Gasteiger partial charge >= 0.3 is 5.97 Å². The predicted molar refractivity (Wildman–Crippen MR) is 232 cm³/mol. The Balaban J connectivity index is 1.27. The van der Waals surface area contributed by atoms with Crippen molar-refractivity contribution in [2.45, 2.75) is 60.0 Å². The number of hydrogen-bond acceptors (Lipinski definition) is 6. The molecule has 1 saturated heterocycles. The standard InChI is InChI=1S/C45H51Cl2N7O4/c1-25-18-32(19-26(2)40(25)47)58-17-9-10-33-34-11-12-35(46)39(38-28(4)48-51(8)29(38)5)42(34)54-27(3)23-53(44(55)43(33)54)36-21-30(24-52-15-13-49(6)14-16-52)20-31-22-37(45(56)57)50(7)41(31)36/h11-12,18-22,27H,9-10,13-17,23-24H2,1-8H3,(H,56,57). The summed E-state index contributed by atoms with van der Waals surface area (Å²) in [5, 5.41) is 18.1. The summed E-state index contributed by atoms with van der Waals surface area (Å²) in [5.41, 5.74) is 10.7. The molecule has 0 radical (unpaired) electrons. The molecule has 3 aromatic heterocycles. The van der Waals surface area contributed by atoms with Crippen molar-refractivity contribution in [2.75, 3.05) is 51.3 Å². The molecule has 0 aliphatic carbocycles. The SMILES string of the molecule is Cc1cc(OCCCc2c3n(c4c(-c5c(C)nn(C)c5C)c(Cl)ccc24)C(C)CN(c2cc(CN4CCN(C)CC4)cc4cc(C(=O)O)n(C)c24)C3=O)cc(C)c1Cl. The largest absolute Gasteiger partial charge is 0.494 e. The minimum Gasteiger partial charge on any atom is -0.494 e. The second-order valence-corrected chi connectivity index (χ2v) is 17.1. The van der Waals surface area contributed by atoms with Crippen LogP contribution >= 0.6 is 23.2 Å². The minimum atomic E-state index is -1.01. The first-order valence-corrected chi connectivity index (χ1v) is 20.7. The van der Waals surface area contributed by atoms with E-state index in [2.05, 4.69) is 40.5 Å². The molecule has 1 atom stereocenters. The number of halogens is 2. The lowest BCUT2D eigenvalue weighted by Gasteiger charge is -2.35. The Morgan fingerprint density at radius 3 is 2.29 bits per heavy atom. The first kappa shape index (κ1) is 40.0. The lowest BCUT2D eigenvalue weighted by molar-refractivity contribution is 0.0687. The Bertz CT molecular complexity index is 2610. The number of aromatic carboxylic acids is 1. The molecule has 1 unspecified atom stereocenters. The van der Waals surface area contributed by atoms with Crippen LogP contribution in [0.15, 0.2) is 42.5 Å². The van der Waals surface area contributed by atoms with Crippen LogP contribution in [0.25, 0.3) is 32.9 Å². The Hall–Kier alpha value is -4.81. The predicted octanol–water partition coefficient (Wildman–Crippen LogP) is 8.75. The van der Waals surface area contributed by atoms with Crippen molar-refractivity contribution in [3.63, 3.8) is 0 Å². The van der Waals surface area contributed by atoms with Crippen LogP contribution < -0.4 is 9.64 Å². The number of ether oxygens (including phenoxy) is 1. The third kappa shape index (κ3) is 6.85. The third-order valence-corrected chi connectivity index (χ3v) is 13.2. The highest BCUT2D eigenvalue weighted by Crippen LogP contribution is 2.46. The van der Waals surface area contributed by atoms with Gasteiger partial charge in [0.25, 0.3) is 5.91 Å². The summed E-state index contributed by atoms with van der Waals surface area (Å²) < 4.78 is 12.1. The van der Waals surface area contributed by atoms with E-state index in [1.807, 2.05) is 68.6 Å². The normalized spacial score (nSPS) is 16.6. The number of amides is 1. The highest BCUT2D eigenvalue weighted by Gasteiger charge is 2.38. The minimum absolute atomic E-state index is 0.132. The Morgan fingerprint density at radius 2 is 1.64 bits per heavy atom. The maximum absolute atomic E-state index is 15.5. The number of piperazine rings is 1. The quantitative estimate of drug-likeness (QED) is 0.138. The first-order valence-electron chi connectivity index (χ1n) is 20.0. The zero-order chi connectivity index (χ0) is 41.3. The monoisotopic (exact) mass is 823 g/mol. The van der Waals surface area contributed by atoms with Gasteiger partial charge in [0.1, 0.15) is 17.1 Å². The molecule has 13 heteroatoms. The number of benzene rings is 3. The van der Waals surface area contributed by atoms with Gasteiger partial charge in [0.2, 0.25) is 0 Å². The van der Waals surface area contributed by atoms with Gasteiger partial charge in [0, 0.05) is 92.0 Å². The van der Waals surface area contributed by atoms with Crippen molar-refractivity contribution in [1.82, 2.24) is 28.7 Å². The maximum Gasteiger partial charge on any atom is 0.352 e. The molecule has 0 spiro atoms.